The van der Waals surface area contributed by atoms with E-state index >= 15 is 0 Å². The number of unbranched alkanes of at least 4 members (excludes halogenated alkanes) is 9. The molecular weight excluding hydrogens is 268 g/mol. The van der Waals surface area contributed by atoms with Gasteiger partial charge < -0.3 is 5.11 Å². The lowest BCUT2D eigenvalue weighted by Gasteiger charge is -2.02. The molecule has 0 saturated heterocycles. The smallest absolute Gasteiger partial charge is 0.303 e. The molecule has 0 aliphatic heterocycles. The Bertz CT molecular complexity index is 333. The summed E-state index contributed by atoms with van der Waals surface area (Å²) in [5.41, 5.74) is 1.50. The van der Waals surface area contributed by atoms with Crippen LogP contribution >= 0.6 is 11.3 Å². The molecule has 20 heavy (non-hydrogen) atoms. The highest BCUT2D eigenvalue weighted by atomic mass is 32.1. The molecule has 0 saturated carbocycles. The van der Waals surface area contributed by atoms with E-state index in [1.165, 1.54) is 63.4 Å². The minimum absolute atomic E-state index is 0.337. The third-order valence-electron chi connectivity index (χ3n) is 3.69. The number of hydrogen-bond acceptors (Lipinski definition) is 2. The van der Waals surface area contributed by atoms with E-state index in [2.05, 4.69) is 16.8 Å². The quantitative estimate of drug-likeness (QED) is 0.476. The summed E-state index contributed by atoms with van der Waals surface area (Å²) >= 11 is 1.79. The van der Waals surface area contributed by atoms with E-state index in [1.54, 1.807) is 11.3 Å². The molecule has 1 N–H and O–H groups in total. The Kier molecular flexibility index (Phi) is 10.3. The molecule has 0 spiro atoms. The van der Waals surface area contributed by atoms with Gasteiger partial charge in [-0.1, -0.05) is 51.4 Å². The highest BCUT2D eigenvalue weighted by Crippen LogP contribution is 2.14. The molecular formula is C17H28O2S. The molecule has 1 aromatic heterocycles. The van der Waals surface area contributed by atoms with E-state index in [-0.39, 0.29) is 0 Å². The first kappa shape index (κ1) is 17.2. The first-order valence-corrected chi connectivity index (χ1v) is 8.96. The van der Waals surface area contributed by atoms with Gasteiger partial charge in [0.2, 0.25) is 0 Å². The lowest BCUT2D eigenvalue weighted by molar-refractivity contribution is -0.137. The Morgan fingerprint density at radius 3 is 1.95 bits per heavy atom. The summed E-state index contributed by atoms with van der Waals surface area (Å²) in [6, 6.07) is 2.23. The Morgan fingerprint density at radius 2 is 1.45 bits per heavy atom. The van der Waals surface area contributed by atoms with Crippen LogP contribution in [0.25, 0.3) is 0 Å². The topological polar surface area (TPSA) is 37.3 Å². The second kappa shape index (κ2) is 12.0. The van der Waals surface area contributed by atoms with Crippen LogP contribution in [0.2, 0.25) is 0 Å². The van der Waals surface area contributed by atoms with Gasteiger partial charge in [-0.2, -0.15) is 11.3 Å². The number of hydrogen-bond donors (Lipinski definition) is 1. The largest absolute Gasteiger partial charge is 0.481 e. The third kappa shape index (κ3) is 10.0. The highest BCUT2D eigenvalue weighted by Gasteiger charge is 1.97. The maximum Gasteiger partial charge on any atom is 0.303 e. The number of carboxylic acids is 1. The van der Waals surface area contributed by atoms with Crippen LogP contribution in [0.15, 0.2) is 16.8 Å². The van der Waals surface area contributed by atoms with E-state index in [9.17, 15) is 4.79 Å². The van der Waals surface area contributed by atoms with Crippen molar-refractivity contribution in [1.29, 1.82) is 0 Å². The first-order valence-electron chi connectivity index (χ1n) is 8.02. The molecule has 0 aliphatic carbocycles. The number of carboxylic acid groups (broad SMARTS) is 1. The van der Waals surface area contributed by atoms with E-state index in [0.717, 1.165) is 12.8 Å². The van der Waals surface area contributed by atoms with Gasteiger partial charge in [0.05, 0.1) is 0 Å². The maximum atomic E-state index is 10.3. The summed E-state index contributed by atoms with van der Waals surface area (Å²) in [6.07, 6.45) is 14.0. The number of carbonyl (C=O) groups is 1. The van der Waals surface area contributed by atoms with Crippen molar-refractivity contribution in [3.63, 3.8) is 0 Å². The van der Waals surface area contributed by atoms with Crippen LogP contribution in [0.3, 0.4) is 0 Å². The molecule has 0 unspecified atom stereocenters. The van der Waals surface area contributed by atoms with Crippen LogP contribution < -0.4 is 0 Å². The fraction of sp³-hybridized carbons (Fsp3) is 0.706. The summed E-state index contributed by atoms with van der Waals surface area (Å²) in [7, 11) is 0. The minimum Gasteiger partial charge on any atom is -0.481 e. The van der Waals surface area contributed by atoms with Gasteiger partial charge in [0.25, 0.3) is 0 Å². The van der Waals surface area contributed by atoms with Crippen molar-refractivity contribution in [2.45, 2.75) is 77.0 Å². The van der Waals surface area contributed by atoms with Gasteiger partial charge >= 0.3 is 5.97 Å². The van der Waals surface area contributed by atoms with Gasteiger partial charge in [0, 0.05) is 6.42 Å². The molecule has 2 nitrogen and oxygen atoms in total. The zero-order valence-electron chi connectivity index (χ0n) is 12.5. The first-order chi connectivity index (χ1) is 9.79. The maximum absolute atomic E-state index is 10.3. The third-order valence-corrected chi connectivity index (χ3v) is 4.42. The molecule has 3 heteroatoms. The van der Waals surface area contributed by atoms with Crippen LogP contribution in [0.5, 0.6) is 0 Å². The van der Waals surface area contributed by atoms with Crippen molar-refractivity contribution < 1.29 is 9.90 Å². The van der Waals surface area contributed by atoms with Crippen LogP contribution in [0, 0.1) is 0 Å². The van der Waals surface area contributed by atoms with Crippen molar-refractivity contribution in [1.82, 2.24) is 0 Å². The van der Waals surface area contributed by atoms with Gasteiger partial charge in [-0.15, -0.1) is 0 Å². The second-order valence-electron chi connectivity index (χ2n) is 5.56. The molecule has 0 bridgehead atoms. The molecule has 0 aliphatic rings. The van der Waals surface area contributed by atoms with E-state index in [1.807, 2.05) is 0 Å². The highest BCUT2D eigenvalue weighted by molar-refractivity contribution is 7.07. The van der Waals surface area contributed by atoms with E-state index in [0.29, 0.717) is 6.42 Å². The molecule has 0 aromatic carbocycles. The molecule has 0 fully saturated rings. The van der Waals surface area contributed by atoms with Crippen molar-refractivity contribution in [2.24, 2.45) is 0 Å². The second-order valence-corrected chi connectivity index (χ2v) is 6.34. The Hall–Kier alpha value is -0.830. The van der Waals surface area contributed by atoms with Gasteiger partial charge in [-0.05, 0) is 41.7 Å². The van der Waals surface area contributed by atoms with Crippen LogP contribution in [-0.2, 0) is 11.2 Å². The fourth-order valence-electron chi connectivity index (χ4n) is 2.45. The minimum atomic E-state index is -0.660. The summed E-state index contributed by atoms with van der Waals surface area (Å²) < 4.78 is 0. The number of aryl methyl sites for hydroxylation is 1. The summed E-state index contributed by atoms with van der Waals surface area (Å²) in [4.78, 5) is 10.3. The van der Waals surface area contributed by atoms with Gasteiger partial charge in [0.1, 0.15) is 0 Å². The monoisotopic (exact) mass is 296 g/mol. The predicted molar refractivity (Wildman–Crippen MR) is 86.4 cm³/mol. The standard InChI is InChI=1S/C17H28O2S/c18-17(19)12-10-8-6-4-2-1-3-5-7-9-11-16-13-14-20-15-16/h13-15H,1-12H2,(H,18,19). The van der Waals surface area contributed by atoms with Crippen molar-refractivity contribution in [3.8, 4) is 0 Å². The Balaban J connectivity index is 1.73. The normalized spacial score (nSPS) is 10.8. The fourth-order valence-corrected chi connectivity index (χ4v) is 3.16. The van der Waals surface area contributed by atoms with Crippen molar-refractivity contribution >= 4 is 17.3 Å². The molecule has 0 amide bonds. The number of thiophene rings is 1. The van der Waals surface area contributed by atoms with E-state index < -0.39 is 5.97 Å². The summed E-state index contributed by atoms with van der Waals surface area (Å²) in [6.45, 7) is 0. The van der Waals surface area contributed by atoms with Crippen LogP contribution in [0.1, 0.15) is 76.2 Å². The van der Waals surface area contributed by atoms with Gasteiger partial charge in [-0.25, -0.2) is 0 Å². The Morgan fingerprint density at radius 1 is 0.900 bits per heavy atom. The van der Waals surface area contributed by atoms with Crippen LogP contribution in [-0.4, -0.2) is 11.1 Å². The van der Waals surface area contributed by atoms with Crippen LogP contribution in [0.4, 0.5) is 0 Å². The Labute approximate surface area is 127 Å². The summed E-state index contributed by atoms with van der Waals surface area (Å²) in [5, 5.41) is 12.9. The molecule has 1 aromatic rings. The van der Waals surface area contributed by atoms with Crippen molar-refractivity contribution in [3.05, 3.63) is 22.4 Å². The molecule has 0 atom stereocenters. The lowest BCUT2D eigenvalue weighted by Crippen LogP contribution is -1.93. The van der Waals surface area contributed by atoms with Crippen molar-refractivity contribution in [2.75, 3.05) is 0 Å². The number of rotatable bonds is 13. The lowest BCUT2D eigenvalue weighted by atomic mass is 10.0. The van der Waals surface area contributed by atoms with Gasteiger partial charge in [-0.3, -0.25) is 4.79 Å². The molecule has 0 radical (unpaired) electrons. The number of aliphatic carboxylic acids is 1. The van der Waals surface area contributed by atoms with Gasteiger partial charge in [0.15, 0.2) is 0 Å². The zero-order valence-corrected chi connectivity index (χ0v) is 13.3. The predicted octanol–water partition coefficient (Wildman–Crippen LogP) is 5.67. The average molecular weight is 296 g/mol. The zero-order chi connectivity index (χ0) is 14.5. The average Bonchev–Trinajstić information content (AvgIpc) is 2.93. The SMILES string of the molecule is O=C(O)CCCCCCCCCCCCc1ccsc1. The molecule has 1 heterocycles. The molecule has 1 rings (SSSR count). The van der Waals surface area contributed by atoms with E-state index in [4.69, 9.17) is 5.11 Å². The molecule has 114 valence electrons. The summed E-state index contributed by atoms with van der Waals surface area (Å²) in [5.74, 6) is -0.660.